The zero-order chi connectivity index (χ0) is 14.6. The van der Waals surface area contributed by atoms with Crippen molar-refractivity contribution in [1.82, 2.24) is 0 Å². The molecule has 0 fully saturated rings. The van der Waals surface area contributed by atoms with Gasteiger partial charge in [0.15, 0.2) is 11.7 Å². The first-order valence-corrected chi connectivity index (χ1v) is 5.98. The number of benzene rings is 1. The Labute approximate surface area is 115 Å². The molecule has 5 nitrogen and oxygen atoms in total. The molecule has 4 N–H and O–H groups in total. The number of nitrogens with one attached hydrogen (secondary N) is 1. The monoisotopic (exact) mass is 287 g/mol. The summed E-state index contributed by atoms with van der Waals surface area (Å²) < 4.78 is 13.7. The molecule has 1 aromatic rings. The largest absolute Gasteiger partial charge is 0.409 e. The van der Waals surface area contributed by atoms with E-state index in [0.717, 1.165) is 0 Å². The van der Waals surface area contributed by atoms with Crippen molar-refractivity contribution in [3.05, 3.63) is 29.0 Å². The highest BCUT2D eigenvalue weighted by molar-refractivity contribution is 6.31. The summed E-state index contributed by atoms with van der Waals surface area (Å²) in [5.41, 5.74) is 4.22. The van der Waals surface area contributed by atoms with Gasteiger partial charge in [0.25, 0.3) is 0 Å². The van der Waals surface area contributed by atoms with Crippen molar-refractivity contribution in [3.63, 3.8) is 0 Å². The topological polar surface area (TPSA) is 87.7 Å². The van der Waals surface area contributed by atoms with Crippen LogP contribution in [0.1, 0.15) is 20.3 Å². The van der Waals surface area contributed by atoms with E-state index in [-0.39, 0.29) is 23.0 Å². The van der Waals surface area contributed by atoms with E-state index in [1.165, 1.54) is 25.1 Å². The summed E-state index contributed by atoms with van der Waals surface area (Å²) in [6, 6.07) is 4.25. The fourth-order valence-corrected chi connectivity index (χ4v) is 1.60. The molecule has 0 aliphatic carbocycles. The number of carbonyl (C=O) groups excluding carboxylic acids is 1. The summed E-state index contributed by atoms with van der Waals surface area (Å²) in [7, 11) is 0. The lowest BCUT2D eigenvalue weighted by Gasteiger charge is -2.25. The minimum atomic E-state index is -1.23. The number of amidine groups is 1. The molecular weight excluding hydrogens is 273 g/mol. The van der Waals surface area contributed by atoms with Crippen LogP contribution in [0, 0.1) is 11.2 Å². The van der Waals surface area contributed by atoms with E-state index in [0.29, 0.717) is 0 Å². The lowest BCUT2D eigenvalue weighted by molar-refractivity contribution is -0.121. The highest BCUT2D eigenvalue weighted by atomic mass is 35.5. The van der Waals surface area contributed by atoms with Crippen molar-refractivity contribution in [2.75, 3.05) is 5.32 Å². The van der Waals surface area contributed by atoms with Crippen LogP contribution >= 0.6 is 11.6 Å². The van der Waals surface area contributed by atoms with Crippen molar-refractivity contribution in [1.29, 1.82) is 0 Å². The Kier molecular flexibility index (Phi) is 4.72. The molecule has 0 radical (unpaired) electrons. The Balaban J connectivity index is 3.05. The fourth-order valence-electron chi connectivity index (χ4n) is 1.43. The average Bonchev–Trinajstić information content (AvgIpc) is 2.41. The first-order chi connectivity index (χ1) is 8.86. The number of rotatable bonds is 4. The number of hydrogen-bond donors (Lipinski definition) is 3. The zero-order valence-corrected chi connectivity index (χ0v) is 11.3. The number of carbonyl (C=O) groups is 1. The van der Waals surface area contributed by atoms with Crippen molar-refractivity contribution in [2.45, 2.75) is 20.3 Å². The molecule has 19 heavy (non-hydrogen) atoms. The van der Waals surface area contributed by atoms with Crippen LogP contribution in [0.3, 0.4) is 0 Å². The smallest absolute Gasteiger partial charge is 0.238 e. The number of nitrogens with zero attached hydrogens (tertiary/aromatic N) is 1. The molecule has 104 valence electrons. The van der Waals surface area contributed by atoms with Crippen LogP contribution < -0.4 is 11.1 Å². The van der Waals surface area contributed by atoms with Crippen LogP contribution in [0.5, 0.6) is 0 Å². The van der Waals surface area contributed by atoms with Gasteiger partial charge in [-0.2, -0.15) is 0 Å². The Bertz CT molecular complexity index is 522. The normalized spacial score (nSPS) is 14.8. The van der Waals surface area contributed by atoms with Crippen LogP contribution in [0.15, 0.2) is 23.4 Å². The molecule has 0 aromatic heterocycles. The van der Waals surface area contributed by atoms with Crippen LogP contribution in [0.2, 0.25) is 5.02 Å². The van der Waals surface area contributed by atoms with Gasteiger partial charge in [0.05, 0.1) is 10.7 Å². The lowest BCUT2D eigenvalue weighted by Crippen LogP contribution is -2.44. The molecule has 0 spiro atoms. The third kappa shape index (κ3) is 2.96. The minimum absolute atomic E-state index is 0.0529. The number of halogens is 2. The van der Waals surface area contributed by atoms with E-state index in [1.54, 1.807) is 6.92 Å². The maximum Gasteiger partial charge on any atom is 0.238 e. The van der Waals surface area contributed by atoms with Crippen LogP contribution in [0.25, 0.3) is 0 Å². The third-order valence-corrected chi connectivity index (χ3v) is 3.37. The lowest BCUT2D eigenvalue weighted by atomic mass is 9.85. The van der Waals surface area contributed by atoms with Crippen LogP contribution in [-0.4, -0.2) is 17.0 Å². The molecule has 0 bridgehead atoms. The molecule has 1 aromatic carbocycles. The Hall–Kier alpha value is -1.82. The molecule has 1 amide bonds. The number of hydrogen-bond acceptors (Lipinski definition) is 3. The highest BCUT2D eigenvalue weighted by Crippen LogP contribution is 2.27. The molecule has 0 saturated carbocycles. The molecule has 0 aliphatic heterocycles. The molecule has 1 atom stereocenters. The van der Waals surface area contributed by atoms with Gasteiger partial charge in [0.1, 0.15) is 5.41 Å². The minimum Gasteiger partial charge on any atom is -0.409 e. The molecular formula is C12H15ClFN3O2. The van der Waals surface area contributed by atoms with Gasteiger partial charge >= 0.3 is 0 Å². The van der Waals surface area contributed by atoms with E-state index in [4.69, 9.17) is 22.5 Å². The third-order valence-electron chi connectivity index (χ3n) is 3.08. The molecule has 1 unspecified atom stereocenters. The summed E-state index contributed by atoms with van der Waals surface area (Å²) in [4.78, 5) is 12.1. The van der Waals surface area contributed by atoms with Crippen molar-refractivity contribution >= 4 is 29.0 Å². The quantitative estimate of drug-likeness (QED) is 0.344. The van der Waals surface area contributed by atoms with E-state index >= 15 is 0 Å². The first-order valence-electron chi connectivity index (χ1n) is 5.60. The van der Waals surface area contributed by atoms with Crippen molar-refractivity contribution < 1.29 is 14.4 Å². The second kappa shape index (κ2) is 5.88. The molecule has 0 saturated heterocycles. The molecule has 0 aliphatic rings. The van der Waals surface area contributed by atoms with Gasteiger partial charge in [-0.25, -0.2) is 4.39 Å². The van der Waals surface area contributed by atoms with E-state index < -0.39 is 17.1 Å². The van der Waals surface area contributed by atoms with Crippen LogP contribution in [-0.2, 0) is 4.79 Å². The van der Waals surface area contributed by atoms with Gasteiger partial charge in [-0.3, -0.25) is 4.79 Å². The highest BCUT2D eigenvalue weighted by Gasteiger charge is 2.36. The van der Waals surface area contributed by atoms with Crippen molar-refractivity contribution in [3.8, 4) is 0 Å². The van der Waals surface area contributed by atoms with Crippen LogP contribution in [0.4, 0.5) is 10.1 Å². The standard InChI is InChI=1S/C12H15ClFN3O2/c1-3-12(2,10(15)17-19)11(18)16-8-6-4-5-7(13)9(8)14/h4-6,19H,3H2,1-2H3,(H2,15,17)(H,16,18). The summed E-state index contributed by atoms with van der Waals surface area (Å²) in [5, 5.41) is 13.8. The van der Waals surface area contributed by atoms with E-state index in [2.05, 4.69) is 10.5 Å². The van der Waals surface area contributed by atoms with Gasteiger partial charge in [0.2, 0.25) is 5.91 Å². The number of anilines is 1. The summed E-state index contributed by atoms with van der Waals surface area (Å²) in [6.07, 6.45) is 0.289. The van der Waals surface area contributed by atoms with E-state index in [1.807, 2.05) is 0 Å². The molecule has 1 rings (SSSR count). The van der Waals surface area contributed by atoms with Gasteiger partial charge < -0.3 is 16.3 Å². The van der Waals surface area contributed by atoms with E-state index in [9.17, 15) is 9.18 Å². The Morgan fingerprint density at radius 3 is 2.79 bits per heavy atom. The summed E-state index contributed by atoms with van der Waals surface area (Å²) in [5.74, 6) is -1.54. The van der Waals surface area contributed by atoms with Gasteiger partial charge in [-0.15, -0.1) is 0 Å². The predicted octanol–water partition coefficient (Wildman–Crippen LogP) is 2.58. The van der Waals surface area contributed by atoms with Gasteiger partial charge in [-0.05, 0) is 25.5 Å². The number of oxime groups is 1. The molecule has 0 heterocycles. The summed E-state index contributed by atoms with van der Waals surface area (Å²) >= 11 is 5.62. The average molecular weight is 288 g/mol. The van der Waals surface area contributed by atoms with Gasteiger partial charge in [-0.1, -0.05) is 29.7 Å². The van der Waals surface area contributed by atoms with Gasteiger partial charge in [0, 0.05) is 0 Å². The summed E-state index contributed by atoms with van der Waals surface area (Å²) in [6.45, 7) is 3.20. The Morgan fingerprint density at radius 1 is 1.63 bits per heavy atom. The molecule has 7 heteroatoms. The SMILES string of the molecule is CCC(C)(C(=O)Nc1cccc(Cl)c1F)/C(N)=N/O. The van der Waals surface area contributed by atoms with Crippen molar-refractivity contribution in [2.24, 2.45) is 16.3 Å². The fraction of sp³-hybridized carbons (Fsp3) is 0.333. The maximum absolute atomic E-state index is 13.7. The predicted molar refractivity (Wildman–Crippen MR) is 71.8 cm³/mol. The maximum atomic E-state index is 13.7. The number of amides is 1. The first kappa shape index (κ1) is 15.2. The second-order valence-electron chi connectivity index (χ2n) is 4.23. The zero-order valence-electron chi connectivity index (χ0n) is 10.6. The number of nitrogens with two attached hydrogens (primary N) is 1. The Morgan fingerprint density at radius 2 is 2.26 bits per heavy atom. The second-order valence-corrected chi connectivity index (χ2v) is 4.63.